The van der Waals surface area contributed by atoms with E-state index >= 15 is 0 Å². The molecule has 1 heterocycles. The maximum absolute atomic E-state index is 13.2. The van der Waals surface area contributed by atoms with Crippen LogP contribution in [0.25, 0.3) is 0 Å². The van der Waals surface area contributed by atoms with Crippen molar-refractivity contribution in [1.29, 1.82) is 0 Å². The molecule has 1 atom stereocenters. The first kappa shape index (κ1) is 15.7. The highest BCUT2D eigenvalue weighted by atomic mass is 19.1. The lowest BCUT2D eigenvalue weighted by Crippen LogP contribution is -2.47. The SMILES string of the molecule is Cc1ccc(F)cc1NC(=O)NC[C@@H](C)N1CCOCC1. The van der Waals surface area contributed by atoms with Gasteiger partial charge < -0.3 is 15.4 Å². The summed E-state index contributed by atoms with van der Waals surface area (Å²) in [7, 11) is 0. The number of carbonyl (C=O) groups is 1. The van der Waals surface area contributed by atoms with Gasteiger partial charge in [-0.15, -0.1) is 0 Å². The van der Waals surface area contributed by atoms with Crippen molar-refractivity contribution in [3.63, 3.8) is 0 Å². The maximum atomic E-state index is 13.2. The van der Waals surface area contributed by atoms with Crippen LogP contribution < -0.4 is 10.6 Å². The Hall–Kier alpha value is -1.66. The van der Waals surface area contributed by atoms with E-state index in [4.69, 9.17) is 4.74 Å². The second kappa shape index (κ2) is 7.38. The molecule has 5 nitrogen and oxygen atoms in total. The van der Waals surface area contributed by atoms with Crippen molar-refractivity contribution in [2.75, 3.05) is 38.2 Å². The number of anilines is 1. The highest BCUT2D eigenvalue weighted by molar-refractivity contribution is 5.90. The van der Waals surface area contributed by atoms with E-state index in [0.717, 1.165) is 31.9 Å². The van der Waals surface area contributed by atoms with Crippen molar-refractivity contribution >= 4 is 11.7 Å². The number of amides is 2. The normalized spacial score (nSPS) is 17.3. The van der Waals surface area contributed by atoms with E-state index in [1.807, 2.05) is 6.92 Å². The van der Waals surface area contributed by atoms with Gasteiger partial charge in [0, 0.05) is 31.4 Å². The van der Waals surface area contributed by atoms with E-state index in [2.05, 4.69) is 22.5 Å². The summed E-state index contributed by atoms with van der Waals surface area (Å²) < 4.78 is 18.5. The Labute approximate surface area is 124 Å². The molecule has 2 N–H and O–H groups in total. The monoisotopic (exact) mass is 295 g/mol. The molecule has 0 saturated carbocycles. The number of carbonyl (C=O) groups excluding carboxylic acids is 1. The fraction of sp³-hybridized carbons (Fsp3) is 0.533. The van der Waals surface area contributed by atoms with Crippen LogP contribution in [0.2, 0.25) is 0 Å². The topological polar surface area (TPSA) is 53.6 Å². The van der Waals surface area contributed by atoms with E-state index in [1.54, 1.807) is 6.07 Å². The number of nitrogens with zero attached hydrogens (tertiary/aromatic N) is 1. The molecule has 6 heteroatoms. The van der Waals surface area contributed by atoms with Gasteiger partial charge in [0.15, 0.2) is 0 Å². The number of ether oxygens (including phenoxy) is 1. The quantitative estimate of drug-likeness (QED) is 0.893. The first-order valence-corrected chi connectivity index (χ1v) is 7.19. The van der Waals surface area contributed by atoms with Crippen LogP contribution in [0.1, 0.15) is 12.5 Å². The van der Waals surface area contributed by atoms with Gasteiger partial charge in [-0.1, -0.05) is 6.07 Å². The molecule has 1 aliphatic rings. The number of urea groups is 1. The minimum atomic E-state index is -0.363. The summed E-state index contributed by atoms with van der Waals surface area (Å²) in [5.41, 5.74) is 1.32. The van der Waals surface area contributed by atoms with E-state index < -0.39 is 0 Å². The summed E-state index contributed by atoms with van der Waals surface area (Å²) >= 11 is 0. The number of benzene rings is 1. The van der Waals surface area contributed by atoms with E-state index in [-0.39, 0.29) is 17.9 Å². The Morgan fingerprint density at radius 3 is 2.86 bits per heavy atom. The Bertz CT molecular complexity index is 490. The van der Waals surface area contributed by atoms with E-state index in [1.165, 1.54) is 12.1 Å². The van der Waals surface area contributed by atoms with Gasteiger partial charge in [-0.05, 0) is 31.5 Å². The maximum Gasteiger partial charge on any atom is 0.319 e. The van der Waals surface area contributed by atoms with Crippen LogP contribution in [0, 0.1) is 12.7 Å². The second-order valence-corrected chi connectivity index (χ2v) is 5.29. The molecule has 1 aromatic carbocycles. The summed E-state index contributed by atoms with van der Waals surface area (Å²) in [6.07, 6.45) is 0. The van der Waals surface area contributed by atoms with Crippen molar-refractivity contribution in [3.8, 4) is 0 Å². The van der Waals surface area contributed by atoms with Gasteiger partial charge >= 0.3 is 6.03 Å². The van der Waals surface area contributed by atoms with Crippen LogP contribution in [0.5, 0.6) is 0 Å². The summed E-state index contributed by atoms with van der Waals surface area (Å²) in [6, 6.07) is 4.26. The van der Waals surface area contributed by atoms with Crippen LogP contribution in [-0.2, 0) is 4.74 Å². The molecule has 0 spiro atoms. The van der Waals surface area contributed by atoms with Crippen LogP contribution >= 0.6 is 0 Å². The zero-order chi connectivity index (χ0) is 15.2. The first-order valence-electron chi connectivity index (χ1n) is 7.19. The third kappa shape index (κ3) is 4.68. The van der Waals surface area contributed by atoms with Crippen molar-refractivity contribution in [2.24, 2.45) is 0 Å². The predicted octanol–water partition coefficient (Wildman–Crippen LogP) is 1.98. The van der Waals surface area contributed by atoms with Crippen molar-refractivity contribution in [2.45, 2.75) is 19.9 Å². The minimum Gasteiger partial charge on any atom is -0.379 e. The molecule has 2 rings (SSSR count). The minimum absolute atomic E-state index is 0.244. The highest BCUT2D eigenvalue weighted by Crippen LogP contribution is 2.15. The van der Waals surface area contributed by atoms with Crippen molar-refractivity contribution in [3.05, 3.63) is 29.6 Å². The zero-order valence-electron chi connectivity index (χ0n) is 12.5. The first-order chi connectivity index (χ1) is 10.1. The Morgan fingerprint density at radius 2 is 2.14 bits per heavy atom. The van der Waals surface area contributed by atoms with Gasteiger partial charge in [0.1, 0.15) is 5.82 Å². The standard InChI is InChI=1S/C15H22FN3O2/c1-11-3-4-13(16)9-14(11)18-15(20)17-10-12(2)19-5-7-21-8-6-19/h3-4,9,12H,5-8,10H2,1-2H3,(H2,17,18,20)/t12-/m1/s1. The summed E-state index contributed by atoms with van der Waals surface area (Å²) in [6.45, 7) is 7.67. The van der Waals surface area contributed by atoms with Gasteiger partial charge in [0.05, 0.1) is 13.2 Å². The lowest BCUT2D eigenvalue weighted by molar-refractivity contribution is 0.0209. The molecule has 2 amide bonds. The molecule has 1 fully saturated rings. The molecule has 0 aromatic heterocycles. The number of aryl methyl sites for hydroxylation is 1. The Kier molecular flexibility index (Phi) is 5.52. The van der Waals surface area contributed by atoms with Crippen molar-refractivity contribution < 1.29 is 13.9 Å². The fourth-order valence-electron chi connectivity index (χ4n) is 2.28. The average Bonchev–Trinajstić information content (AvgIpc) is 2.49. The van der Waals surface area contributed by atoms with Gasteiger partial charge in [-0.25, -0.2) is 9.18 Å². The van der Waals surface area contributed by atoms with Crippen LogP contribution in [0.4, 0.5) is 14.9 Å². The molecule has 0 aliphatic carbocycles. The molecular weight excluding hydrogens is 273 g/mol. The zero-order valence-corrected chi connectivity index (χ0v) is 12.5. The van der Waals surface area contributed by atoms with Crippen molar-refractivity contribution in [1.82, 2.24) is 10.2 Å². The molecule has 0 radical (unpaired) electrons. The molecule has 0 bridgehead atoms. The largest absolute Gasteiger partial charge is 0.379 e. The molecule has 1 aliphatic heterocycles. The van der Waals surface area contributed by atoms with Gasteiger partial charge in [-0.2, -0.15) is 0 Å². The van der Waals surface area contributed by atoms with E-state index in [0.29, 0.717) is 12.2 Å². The number of hydrogen-bond donors (Lipinski definition) is 2. The Morgan fingerprint density at radius 1 is 1.43 bits per heavy atom. The second-order valence-electron chi connectivity index (χ2n) is 5.29. The molecule has 116 valence electrons. The molecule has 0 unspecified atom stereocenters. The van der Waals surface area contributed by atoms with Gasteiger partial charge in [0.2, 0.25) is 0 Å². The lowest BCUT2D eigenvalue weighted by Gasteiger charge is -2.32. The number of nitrogens with one attached hydrogen (secondary N) is 2. The van der Waals surface area contributed by atoms with Crippen LogP contribution in [0.15, 0.2) is 18.2 Å². The number of rotatable bonds is 4. The summed E-state index contributed by atoms with van der Waals surface area (Å²) in [4.78, 5) is 14.2. The third-order valence-electron chi connectivity index (χ3n) is 3.67. The van der Waals surface area contributed by atoms with Gasteiger partial charge in [0.25, 0.3) is 0 Å². The summed E-state index contributed by atoms with van der Waals surface area (Å²) in [5.74, 6) is -0.363. The predicted molar refractivity (Wildman–Crippen MR) is 80.0 cm³/mol. The molecule has 1 saturated heterocycles. The van der Waals surface area contributed by atoms with Crippen LogP contribution in [-0.4, -0.2) is 49.8 Å². The summed E-state index contributed by atoms with van der Waals surface area (Å²) in [5, 5.41) is 5.50. The number of morpholine rings is 1. The molecule has 1 aromatic rings. The number of halogens is 1. The average molecular weight is 295 g/mol. The number of hydrogen-bond acceptors (Lipinski definition) is 3. The smallest absolute Gasteiger partial charge is 0.319 e. The molecular formula is C15H22FN3O2. The van der Waals surface area contributed by atoms with Crippen LogP contribution in [0.3, 0.4) is 0 Å². The van der Waals surface area contributed by atoms with Gasteiger partial charge in [-0.3, -0.25) is 4.90 Å². The molecule has 21 heavy (non-hydrogen) atoms. The lowest BCUT2D eigenvalue weighted by atomic mass is 10.2. The Balaban J connectivity index is 1.80. The third-order valence-corrected chi connectivity index (χ3v) is 3.67. The fourth-order valence-corrected chi connectivity index (χ4v) is 2.28. The highest BCUT2D eigenvalue weighted by Gasteiger charge is 2.17. The van der Waals surface area contributed by atoms with E-state index in [9.17, 15) is 9.18 Å².